The number of nitro groups is 1. The van der Waals surface area contributed by atoms with Crippen LogP contribution < -0.4 is 10.6 Å². The molecule has 0 fully saturated rings. The molecule has 0 aromatic carbocycles. The minimum absolute atomic E-state index is 0.0000481. The molecule has 7 nitrogen and oxygen atoms in total. The quantitative estimate of drug-likeness (QED) is 0.608. The smallest absolute Gasteiger partial charge is 0.336 e. The lowest BCUT2D eigenvalue weighted by Crippen LogP contribution is -2.34. The van der Waals surface area contributed by atoms with E-state index in [-0.39, 0.29) is 16.2 Å². The highest BCUT2D eigenvalue weighted by Crippen LogP contribution is 2.24. The topological polar surface area (TPSA) is 97.2 Å². The molecule has 0 radical (unpaired) electrons. The van der Waals surface area contributed by atoms with Gasteiger partial charge in [-0.05, 0) is 25.2 Å². The summed E-state index contributed by atoms with van der Waals surface area (Å²) in [6.45, 7) is 3.62. The molecule has 0 spiro atoms. The number of thiazole rings is 1. The van der Waals surface area contributed by atoms with Crippen molar-refractivity contribution in [3.05, 3.63) is 16.3 Å². The number of nitrogens with zero attached hydrogens (tertiary/aromatic N) is 2. The lowest BCUT2D eigenvalue weighted by molar-refractivity contribution is -0.380. The Kier molecular flexibility index (Phi) is 3.56. The third kappa shape index (κ3) is 3.50. The van der Waals surface area contributed by atoms with Gasteiger partial charge in [-0.25, -0.2) is 9.78 Å². The number of hydrogen-bond donors (Lipinski definition) is 2. The molecule has 0 bridgehead atoms. The summed E-state index contributed by atoms with van der Waals surface area (Å²) in [5.41, 5.74) is 0. The van der Waals surface area contributed by atoms with Gasteiger partial charge in [-0.15, -0.1) is 0 Å². The second-order valence-electron chi connectivity index (χ2n) is 3.01. The standard InChI is InChI=1S/C7H10N4O3S/c1-4(2)9-6(12)10-7-8-3-5(15-7)11(13)14/h3-4H,1-2H3,(H2,8,9,10,12). The lowest BCUT2D eigenvalue weighted by Gasteiger charge is -2.07. The average molecular weight is 230 g/mol. The van der Waals surface area contributed by atoms with Crippen LogP contribution in [-0.4, -0.2) is 22.0 Å². The summed E-state index contributed by atoms with van der Waals surface area (Å²) in [5.74, 6) is 0. The molecule has 15 heavy (non-hydrogen) atoms. The normalized spacial score (nSPS) is 10.1. The minimum Gasteiger partial charge on any atom is -0.336 e. The van der Waals surface area contributed by atoms with Gasteiger partial charge < -0.3 is 5.32 Å². The van der Waals surface area contributed by atoms with E-state index in [0.29, 0.717) is 0 Å². The number of rotatable bonds is 3. The van der Waals surface area contributed by atoms with Crippen LogP contribution in [0, 0.1) is 10.1 Å². The highest BCUT2D eigenvalue weighted by atomic mass is 32.1. The van der Waals surface area contributed by atoms with Crippen LogP contribution in [-0.2, 0) is 0 Å². The molecule has 0 aliphatic carbocycles. The monoisotopic (exact) mass is 230 g/mol. The van der Waals surface area contributed by atoms with Crippen molar-refractivity contribution in [1.29, 1.82) is 0 Å². The molecule has 1 rings (SSSR count). The van der Waals surface area contributed by atoms with Crippen molar-refractivity contribution in [3.8, 4) is 0 Å². The number of hydrogen-bond acceptors (Lipinski definition) is 5. The summed E-state index contributed by atoms with van der Waals surface area (Å²) < 4.78 is 0. The van der Waals surface area contributed by atoms with Gasteiger partial charge in [0, 0.05) is 6.04 Å². The van der Waals surface area contributed by atoms with E-state index in [9.17, 15) is 14.9 Å². The Morgan fingerprint density at radius 3 is 2.80 bits per heavy atom. The van der Waals surface area contributed by atoms with Crippen LogP contribution in [0.5, 0.6) is 0 Å². The van der Waals surface area contributed by atoms with Crippen LogP contribution in [0.1, 0.15) is 13.8 Å². The summed E-state index contributed by atoms with van der Waals surface area (Å²) in [5, 5.41) is 15.4. The SMILES string of the molecule is CC(C)NC(=O)Nc1ncc([N+](=O)[O-])s1. The first kappa shape index (κ1) is 11.4. The average Bonchev–Trinajstić information content (AvgIpc) is 2.50. The molecule has 1 aromatic rings. The maximum atomic E-state index is 11.2. The molecular formula is C7H10N4O3S. The number of carbonyl (C=O) groups excluding carboxylic acids is 1. The van der Waals surface area contributed by atoms with Crippen LogP contribution in [0.2, 0.25) is 0 Å². The zero-order valence-electron chi connectivity index (χ0n) is 8.18. The summed E-state index contributed by atoms with van der Waals surface area (Å²) in [6.07, 6.45) is 1.11. The second kappa shape index (κ2) is 4.69. The zero-order valence-corrected chi connectivity index (χ0v) is 9.00. The van der Waals surface area contributed by atoms with Gasteiger partial charge in [-0.2, -0.15) is 0 Å². The molecule has 1 heterocycles. The predicted molar refractivity (Wildman–Crippen MR) is 56.1 cm³/mol. The number of aromatic nitrogens is 1. The highest BCUT2D eigenvalue weighted by molar-refractivity contribution is 7.18. The molecule has 0 saturated carbocycles. The van der Waals surface area contributed by atoms with Gasteiger partial charge >= 0.3 is 11.0 Å². The fourth-order valence-corrected chi connectivity index (χ4v) is 1.43. The Labute approximate surface area is 89.7 Å². The Balaban J connectivity index is 2.57. The highest BCUT2D eigenvalue weighted by Gasteiger charge is 2.13. The number of nitrogens with one attached hydrogen (secondary N) is 2. The van der Waals surface area contributed by atoms with Crippen LogP contribution in [0.15, 0.2) is 6.20 Å². The minimum atomic E-state index is -0.552. The van der Waals surface area contributed by atoms with E-state index < -0.39 is 11.0 Å². The molecule has 2 amide bonds. The van der Waals surface area contributed by atoms with Crippen LogP contribution in [0.3, 0.4) is 0 Å². The van der Waals surface area contributed by atoms with Gasteiger partial charge in [-0.1, -0.05) is 0 Å². The van der Waals surface area contributed by atoms with Crippen molar-refractivity contribution < 1.29 is 9.72 Å². The van der Waals surface area contributed by atoms with Crippen molar-refractivity contribution in [2.75, 3.05) is 5.32 Å². The summed E-state index contributed by atoms with van der Waals surface area (Å²) in [4.78, 5) is 24.6. The summed E-state index contributed by atoms with van der Waals surface area (Å²) >= 11 is 0.814. The van der Waals surface area contributed by atoms with E-state index in [1.165, 1.54) is 0 Å². The molecule has 1 aromatic heterocycles. The van der Waals surface area contributed by atoms with E-state index >= 15 is 0 Å². The summed E-state index contributed by atoms with van der Waals surface area (Å²) in [6, 6.07) is -0.422. The molecule has 0 saturated heterocycles. The number of anilines is 1. The van der Waals surface area contributed by atoms with Crippen LogP contribution in [0.4, 0.5) is 14.9 Å². The maximum Gasteiger partial charge on any atom is 0.345 e. The van der Waals surface area contributed by atoms with Crippen molar-refractivity contribution in [3.63, 3.8) is 0 Å². The van der Waals surface area contributed by atoms with E-state index in [1.807, 2.05) is 13.8 Å². The molecule has 2 N–H and O–H groups in total. The van der Waals surface area contributed by atoms with Gasteiger partial charge in [-0.3, -0.25) is 15.4 Å². The summed E-state index contributed by atoms with van der Waals surface area (Å²) in [7, 11) is 0. The van der Waals surface area contributed by atoms with Crippen molar-refractivity contribution >= 4 is 27.5 Å². The number of carbonyl (C=O) groups is 1. The first-order valence-corrected chi connectivity index (χ1v) is 4.98. The Bertz CT molecular complexity index is 376. The fourth-order valence-electron chi connectivity index (χ4n) is 0.803. The first-order chi connectivity index (χ1) is 6.99. The van der Waals surface area contributed by atoms with Crippen molar-refractivity contribution in [2.24, 2.45) is 0 Å². The van der Waals surface area contributed by atoms with Gasteiger partial charge in [0.05, 0.1) is 4.92 Å². The Morgan fingerprint density at radius 1 is 1.67 bits per heavy atom. The Morgan fingerprint density at radius 2 is 2.33 bits per heavy atom. The zero-order chi connectivity index (χ0) is 11.4. The molecular weight excluding hydrogens is 220 g/mol. The van der Waals surface area contributed by atoms with Gasteiger partial charge in [0.25, 0.3) is 0 Å². The van der Waals surface area contributed by atoms with Crippen molar-refractivity contribution in [1.82, 2.24) is 10.3 Å². The number of urea groups is 1. The van der Waals surface area contributed by atoms with Gasteiger partial charge in [0.15, 0.2) is 5.13 Å². The van der Waals surface area contributed by atoms with Gasteiger partial charge in [0.2, 0.25) is 0 Å². The third-order valence-electron chi connectivity index (χ3n) is 1.31. The molecule has 8 heteroatoms. The third-order valence-corrected chi connectivity index (χ3v) is 2.18. The van der Waals surface area contributed by atoms with Crippen LogP contribution in [0.25, 0.3) is 0 Å². The lowest BCUT2D eigenvalue weighted by atomic mass is 10.4. The molecule has 82 valence electrons. The maximum absolute atomic E-state index is 11.2. The van der Waals surface area contributed by atoms with E-state index in [1.54, 1.807) is 0 Å². The van der Waals surface area contributed by atoms with Gasteiger partial charge in [0.1, 0.15) is 6.20 Å². The molecule has 0 aliphatic heterocycles. The first-order valence-electron chi connectivity index (χ1n) is 4.16. The van der Waals surface area contributed by atoms with Crippen molar-refractivity contribution in [2.45, 2.75) is 19.9 Å². The molecule has 0 unspecified atom stereocenters. The fraction of sp³-hybridized carbons (Fsp3) is 0.429. The van der Waals surface area contributed by atoms with Crippen LogP contribution >= 0.6 is 11.3 Å². The van der Waals surface area contributed by atoms with E-state index in [4.69, 9.17) is 0 Å². The van der Waals surface area contributed by atoms with E-state index in [2.05, 4.69) is 15.6 Å². The second-order valence-corrected chi connectivity index (χ2v) is 4.02. The van der Waals surface area contributed by atoms with E-state index in [0.717, 1.165) is 17.5 Å². The predicted octanol–water partition coefficient (Wildman–Crippen LogP) is 1.58. The molecule has 0 aliphatic rings. The number of amides is 2. The largest absolute Gasteiger partial charge is 0.345 e. The molecule has 0 atom stereocenters. The Hall–Kier alpha value is -1.70.